The first-order valence-corrected chi connectivity index (χ1v) is 7.91. The number of alkyl halides is 3. The van der Waals surface area contributed by atoms with Crippen molar-refractivity contribution in [2.45, 2.75) is 6.18 Å². The fourth-order valence-electron chi connectivity index (χ4n) is 2.45. The minimum absolute atomic E-state index is 0.0308. The zero-order chi connectivity index (χ0) is 19.1. The number of benzene rings is 1. The molecule has 0 radical (unpaired) electrons. The van der Waals surface area contributed by atoms with Crippen molar-refractivity contribution in [3.63, 3.8) is 0 Å². The van der Waals surface area contributed by atoms with Crippen LogP contribution in [0.3, 0.4) is 0 Å². The highest BCUT2D eigenvalue weighted by Gasteiger charge is 2.34. The molecule has 0 saturated carbocycles. The van der Waals surface area contributed by atoms with Gasteiger partial charge in [0.05, 0.1) is 5.56 Å². The van der Waals surface area contributed by atoms with Crippen LogP contribution in [-0.2, 0) is 15.8 Å². The minimum Gasteiger partial charge on any atom is -0.477 e. The van der Waals surface area contributed by atoms with E-state index in [9.17, 15) is 27.6 Å². The van der Waals surface area contributed by atoms with Crippen LogP contribution in [-0.4, -0.2) is 22.9 Å². The Morgan fingerprint density at radius 2 is 1.69 bits per heavy atom. The number of aromatic carboxylic acids is 1. The Morgan fingerprint density at radius 3 is 2.23 bits per heavy atom. The van der Waals surface area contributed by atoms with Crippen molar-refractivity contribution >= 4 is 34.7 Å². The predicted octanol–water partition coefficient (Wildman–Crippen LogP) is 2.43. The average Bonchev–Trinajstić information content (AvgIpc) is 3.17. The average molecular weight is 382 g/mol. The van der Waals surface area contributed by atoms with Gasteiger partial charge in [0.1, 0.15) is 10.5 Å². The maximum atomic E-state index is 13.0. The number of carboxylic acid groups (broad SMARTS) is 1. The summed E-state index contributed by atoms with van der Waals surface area (Å²) < 4.78 is 39.1. The molecule has 1 aliphatic heterocycles. The number of hydrogen-bond acceptors (Lipinski definition) is 4. The van der Waals surface area contributed by atoms with Gasteiger partial charge in [0.25, 0.3) is 11.8 Å². The van der Waals surface area contributed by atoms with Crippen LogP contribution in [0, 0.1) is 0 Å². The summed E-state index contributed by atoms with van der Waals surface area (Å²) in [5, 5.41) is 10.4. The zero-order valence-corrected chi connectivity index (χ0v) is 13.5. The molecule has 1 aliphatic rings. The van der Waals surface area contributed by atoms with Crippen LogP contribution in [0.25, 0.3) is 5.57 Å². The molecule has 0 atom stereocenters. The van der Waals surface area contributed by atoms with Gasteiger partial charge in [-0.3, -0.25) is 20.4 Å². The second-order valence-corrected chi connectivity index (χ2v) is 6.15. The summed E-state index contributed by atoms with van der Waals surface area (Å²) >= 11 is 0.832. The van der Waals surface area contributed by atoms with Gasteiger partial charge in [-0.15, -0.1) is 11.3 Å². The summed E-state index contributed by atoms with van der Waals surface area (Å²) in [6.07, 6.45) is -4.62. The molecule has 134 valence electrons. The van der Waals surface area contributed by atoms with Gasteiger partial charge in [-0.1, -0.05) is 12.1 Å². The van der Waals surface area contributed by atoms with Gasteiger partial charge in [0.2, 0.25) is 0 Å². The maximum Gasteiger partial charge on any atom is 0.416 e. The molecule has 1 fully saturated rings. The van der Waals surface area contributed by atoms with Crippen LogP contribution in [0.1, 0.15) is 26.4 Å². The third kappa shape index (κ3) is 3.18. The van der Waals surface area contributed by atoms with Gasteiger partial charge in [0.15, 0.2) is 0 Å². The first-order valence-electron chi connectivity index (χ1n) is 7.03. The molecule has 1 aromatic heterocycles. The molecule has 1 saturated heterocycles. The van der Waals surface area contributed by atoms with Crippen LogP contribution < -0.4 is 10.9 Å². The number of halogens is 3. The lowest BCUT2D eigenvalue weighted by Crippen LogP contribution is -2.28. The summed E-state index contributed by atoms with van der Waals surface area (Å²) in [4.78, 5) is 35.0. The fourth-order valence-corrected chi connectivity index (χ4v) is 3.19. The molecule has 2 amide bonds. The molecule has 10 heteroatoms. The first-order chi connectivity index (χ1) is 12.2. The van der Waals surface area contributed by atoms with Crippen molar-refractivity contribution in [2.24, 2.45) is 0 Å². The summed E-state index contributed by atoms with van der Waals surface area (Å²) in [5.74, 6) is -2.86. The van der Waals surface area contributed by atoms with Gasteiger partial charge in [-0.2, -0.15) is 13.2 Å². The molecule has 0 unspecified atom stereocenters. The van der Waals surface area contributed by atoms with Crippen molar-refractivity contribution in [1.82, 2.24) is 10.9 Å². The number of nitrogens with one attached hydrogen (secondary N) is 2. The van der Waals surface area contributed by atoms with E-state index in [1.807, 2.05) is 0 Å². The zero-order valence-electron chi connectivity index (χ0n) is 12.7. The van der Waals surface area contributed by atoms with Crippen molar-refractivity contribution < 1.29 is 32.7 Å². The van der Waals surface area contributed by atoms with Crippen molar-refractivity contribution in [1.29, 1.82) is 0 Å². The topological polar surface area (TPSA) is 95.5 Å². The fraction of sp³-hybridized carbons (Fsp3) is 0.0625. The molecule has 2 aromatic rings. The Bertz CT molecular complexity index is 944. The Balaban J connectivity index is 2.26. The van der Waals surface area contributed by atoms with E-state index in [0.717, 1.165) is 29.5 Å². The van der Waals surface area contributed by atoms with Crippen molar-refractivity contribution in [2.75, 3.05) is 0 Å². The molecule has 0 aliphatic carbocycles. The second kappa shape index (κ2) is 6.30. The van der Waals surface area contributed by atoms with E-state index < -0.39 is 29.5 Å². The Labute approximate surface area is 147 Å². The molecule has 0 spiro atoms. The molecule has 6 nitrogen and oxygen atoms in total. The summed E-state index contributed by atoms with van der Waals surface area (Å²) in [6, 6.07) is 5.33. The lowest BCUT2D eigenvalue weighted by Gasteiger charge is -2.12. The highest BCUT2D eigenvalue weighted by Crippen LogP contribution is 2.35. The molecule has 1 aromatic carbocycles. The largest absolute Gasteiger partial charge is 0.477 e. The lowest BCUT2D eigenvalue weighted by atomic mass is 9.93. The minimum atomic E-state index is -4.62. The lowest BCUT2D eigenvalue weighted by molar-refractivity contribution is -0.137. The summed E-state index contributed by atoms with van der Waals surface area (Å²) in [5.41, 5.74) is 2.87. The quantitative estimate of drug-likeness (QED) is 0.561. The standard InChI is InChI=1S/C16H9F3N2O4S/c17-16(18,19)9-3-1-2-7(4-9)11(12-13(22)20-21-14(12)23)8-5-10(15(24)25)26-6-8/h1-6H,(H,20,22)(H,21,23)(H,24,25). The highest BCUT2D eigenvalue weighted by atomic mass is 32.1. The molecular weight excluding hydrogens is 373 g/mol. The Hall–Kier alpha value is -3.14. The second-order valence-electron chi connectivity index (χ2n) is 5.24. The Kier molecular flexibility index (Phi) is 4.28. The first kappa shape index (κ1) is 17.7. The van der Waals surface area contributed by atoms with E-state index in [2.05, 4.69) is 10.9 Å². The van der Waals surface area contributed by atoms with Crippen LogP contribution in [0.15, 0.2) is 41.3 Å². The Morgan fingerprint density at radius 1 is 1.04 bits per heavy atom. The van der Waals surface area contributed by atoms with Crippen LogP contribution in [0.5, 0.6) is 0 Å². The summed E-state index contributed by atoms with van der Waals surface area (Å²) in [6.45, 7) is 0. The normalized spacial score (nSPS) is 14.2. The molecule has 0 bridgehead atoms. The van der Waals surface area contributed by atoms with Crippen molar-refractivity contribution in [3.05, 3.63) is 62.9 Å². The van der Waals surface area contributed by atoms with E-state index in [-0.39, 0.29) is 27.2 Å². The smallest absolute Gasteiger partial charge is 0.416 e. The number of rotatable bonds is 3. The third-order valence-corrected chi connectivity index (χ3v) is 4.49. The maximum absolute atomic E-state index is 13.0. The van der Waals surface area contributed by atoms with Gasteiger partial charge >= 0.3 is 12.1 Å². The molecule has 2 heterocycles. The number of thiophene rings is 1. The molecule has 3 N–H and O–H groups in total. The van der Waals surface area contributed by atoms with Crippen LogP contribution >= 0.6 is 11.3 Å². The number of carbonyl (C=O) groups is 3. The number of hydrogen-bond donors (Lipinski definition) is 3. The number of amides is 2. The summed E-state index contributed by atoms with van der Waals surface area (Å²) in [7, 11) is 0. The highest BCUT2D eigenvalue weighted by molar-refractivity contribution is 7.12. The number of hydrazine groups is 1. The molecule has 3 rings (SSSR count). The molecular formula is C16H9F3N2O4S. The van der Waals surface area contributed by atoms with Gasteiger partial charge < -0.3 is 5.11 Å². The van der Waals surface area contributed by atoms with Crippen molar-refractivity contribution in [3.8, 4) is 0 Å². The van der Waals surface area contributed by atoms with E-state index >= 15 is 0 Å². The van der Waals surface area contributed by atoms with Gasteiger partial charge in [-0.25, -0.2) is 4.79 Å². The van der Waals surface area contributed by atoms with E-state index in [1.165, 1.54) is 17.5 Å². The van der Waals surface area contributed by atoms with E-state index in [4.69, 9.17) is 5.11 Å². The van der Waals surface area contributed by atoms with Crippen LogP contribution in [0.4, 0.5) is 13.2 Å². The van der Waals surface area contributed by atoms with Gasteiger partial charge in [-0.05, 0) is 34.7 Å². The van der Waals surface area contributed by atoms with E-state index in [1.54, 1.807) is 0 Å². The SMILES string of the molecule is O=C1NNC(=O)C1=C(c1cccc(C(F)(F)F)c1)c1csc(C(=O)O)c1. The van der Waals surface area contributed by atoms with Crippen LogP contribution in [0.2, 0.25) is 0 Å². The van der Waals surface area contributed by atoms with E-state index in [0.29, 0.717) is 0 Å². The number of carbonyl (C=O) groups excluding carboxylic acids is 2. The monoisotopic (exact) mass is 382 g/mol. The molecule has 26 heavy (non-hydrogen) atoms. The van der Waals surface area contributed by atoms with Gasteiger partial charge in [0, 0.05) is 5.57 Å². The number of carboxylic acids is 1. The third-order valence-electron chi connectivity index (χ3n) is 3.57. The predicted molar refractivity (Wildman–Crippen MR) is 85.0 cm³/mol.